The molecule has 4 heteroatoms. The molecular weight excluding hydrogens is 409 g/mol. The molecule has 0 heterocycles. The third-order valence-corrected chi connectivity index (χ3v) is 4.43. The average molecular weight is 445 g/mol. The molecule has 1 unspecified atom stereocenters. The van der Waals surface area contributed by atoms with Crippen molar-refractivity contribution in [3.8, 4) is 0 Å². The van der Waals surface area contributed by atoms with Crippen molar-refractivity contribution in [1.29, 1.82) is 0 Å². The smallest absolute Gasteiger partial charge is 0.166 e. The Morgan fingerprint density at radius 1 is 0.844 bits per heavy atom. The highest BCUT2D eigenvalue weighted by Crippen LogP contribution is 2.28. The van der Waals surface area contributed by atoms with E-state index in [4.69, 9.17) is 4.74 Å². The third-order valence-electron chi connectivity index (χ3n) is 4.43. The maximum absolute atomic E-state index is 14.5. The molecule has 0 saturated carbocycles. The van der Waals surface area contributed by atoms with Crippen molar-refractivity contribution in [3.05, 3.63) is 121 Å². The lowest BCUT2D eigenvalue weighted by atomic mass is 10.0. The summed E-state index contributed by atoms with van der Waals surface area (Å²) in [5.74, 6) is -2.45. The van der Waals surface area contributed by atoms with Crippen LogP contribution in [0.25, 0.3) is 0 Å². The lowest BCUT2D eigenvalue weighted by molar-refractivity contribution is 0.0693. The minimum atomic E-state index is -1.13. The molecule has 0 aromatic heterocycles. The van der Waals surface area contributed by atoms with Crippen molar-refractivity contribution in [2.45, 2.75) is 40.2 Å². The van der Waals surface area contributed by atoms with Crippen molar-refractivity contribution in [1.82, 2.24) is 0 Å². The molecule has 0 spiro atoms. The van der Waals surface area contributed by atoms with E-state index in [-0.39, 0.29) is 34.3 Å². The van der Waals surface area contributed by atoms with Crippen LogP contribution < -0.4 is 0 Å². The first-order chi connectivity index (χ1) is 14.8. The fourth-order valence-corrected chi connectivity index (χ4v) is 2.16. The Hall–Kier alpha value is -2.85. The molecular formula is C28H35F3O. The van der Waals surface area contributed by atoms with Crippen LogP contribution in [0.4, 0.5) is 13.2 Å². The summed E-state index contributed by atoms with van der Waals surface area (Å²) >= 11 is 0. The maximum atomic E-state index is 14.5. The molecule has 1 atom stereocenters. The van der Waals surface area contributed by atoms with Gasteiger partial charge in [-0.15, -0.1) is 0 Å². The number of allylic oxidation sites excluding steroid dienone is 12. The molecule has 0 bridgehead atoms. The van der Waals surface area contributed by atoms with Gasteiger partial charge in [0.25, 0.3) is 0 Å². The van der Waals surface area contributed by atoms with Gasteiger partial charge in [0.1, 0.15) is 5.83 Å². The molecule has 0 aromatic rings. The first-order valence-electron chi connectivity index (χ1n) is 10.3. The lowest BCUT2D eigenvalue weighted by Crippen LogP contribution is -2.15. The van der Waals surface area contributed by atoms with E-state index in [1.807, 2.05) is 13.8 Å². The first-order valence-corrected chi connectivity index (χ1v) is 10.3. The van der Waals surface area contributed by atoms with E-state index in [1.54, 1.807) is 26.0 Å². The summed E-state index contributed by atoms with van der Waals surface area (Å²) in [6.07, 6.45) is 7.17. The summed E-state index contributed by atoms with van der Waals surface area (Å²) in [5, 5.41) is 0. The normalized spacial score (nSPS) is 13.9. The van der Waals surface area contributed by atoms with Crippen molar-refractivity contribution in [2.24, 2.45) is 5.92 Å². The van der Waals surface area contributed by atoms with E-state index in [2.05, 4.69) is 39.5 Å². The zero-order chi connectivity index (χ0) is 25.0. The molecule has 0 aliphatic carbocycles. The SMILES string of the molecule is C=C(/C=C\C(=C)C(=C)/C(F)=C(/F)C(=C)C/C=C\C)C(=C)/C=C(/F)C(=C)C(C)OCC(C)C. The van der Waals surface area contributed by atoms with E-state index < -0.39 is 23.6 Å². The summed E-state index contributed by atoms with van der Waals surface area (Å²) in [6, 6.07) is 0. The van der Waals surface area contributed by atoms with Crippen LogP contribution in [-0.4, -0.2) is 12.7 Å². The van der Waals surface area contributed by atoms with Crippen LogP contribution in [0.5, 0.6) is 0 Å². The van der Waals surface area contributed by atoms with Gasteiger partial charge < -0.3 is 4.74 Å². The van der Waals surface area contributed by atoms with E-state index in [9.17, 15) is 13.2 Å². The molecule has 0 fully saturated rings. The third kappa shape index (κ3) is 9.97. The van der Waals surface area contributed by atoms with Crippen molar-refractivity contribution in [2.75, 3.05) is 6.61 Å². The standard InChI is InChI=1S/C28H35F3O/c1-11-12-13-21(6)27(30)28(31)23(8)20(5)15-14-19(4)22(7)16-26(29)24(9)25(10)32-17-18(2)3/h11-12,14-16,18,25H,4-9,13,17H2,1-3,10H3/b12-11-,15-14-,26-16+,28-27-. The zero-order valence-corrected chi connectivity index (χ0v) is 19.7. The highest BCUT2D eigenvalue weighted by atomic mass is 19.2. The first kappa shape index (κ1) is 29.1. The van der Waals surface area contributed by atoms with Crippen molar-refractivity contribution in [3.63, 3.8) is 0 Å². The Morgan fingerprint density at radius 3 is 1.94 bits per heavy atom. The van der Waals surface area contributed by atoms with Gasteiger partial charge in [-0.2, -0.15) is 0 Å². The highest BCUT2D eigenvalue weighted by Gasteiger charge is 2.15. The van der Waals surface area contributed by atoms with Gasteiger partial charge in [0.05, 0.1) is 6.10 Å². The largest absolute Gasteiger partial charge is 0.373 e. The van der Waals surface area contributed by atoms with Crippen LogP contribution >= 0.6 is 0 Å². The molecule has 0 radical (unpaired) electrons. The Bertz CT molecular complexity index is 892. The Balaban J connectivity index is 5.18. The Morgan fingerprint density at radius 2 is 1.41 bits per heavy atom. The topological polar surface area (TPSA) is 9.23 Å². The summed E-state index contributed by atoms with van der Waals surface area (Å²) in [7, 11) is 0. The van der Waals surface area contributed by atoms with Gasteiger partial charge in [-0.3, -0.25) is 0 Å². The summed E-state index contributed by atoms with van der Waals surface area (Å²) in [4.78, 5) is 0. The van der Waals surface area contributed by atoms with Gasteiger partial charge in [0, 0.05) is 17.8 Å². The Kier molecular flexibility index (Phi) is 13.0. The minimum Gasteiger partial charge on any atom is -0.373 e. The van der Waals surface area contributed by atoms with Gasteiger partial charge in [0.2, 0.25) is 0 Å². The number of halogens is 3. The molecule has 174 valence electrons. The number of hydrogen-bond acceptors (Lipinski definition) is 1. The molecule has 1 nitrogen and oxygen atoms in total. The van der Waals surface area contributed by atoms with Crippen molar-refractivity contribution >= 4 is 0 Å². The molecule has 0 rings (SSSR count). The molecule has 32 heavy (non-hydrogen) atoms. The highest BCUT2D eigenvalue weighted by molar-refractivity contribution is 5.53. The Labute approximate surface area is 191 Å². The zero-order valence-electron chi connectivity index (χ0n) is 19.7. The van der Waals surface area contributed by atoms with Gasteiger partial charge in [-0.1, -0.05) is 77.6 Å². The summed E-state index contributed by atoms with van der Waals surface area (Å²) in [5.41, 5.74) is 0.766. The van der Waals surface area contributed by atoms with Crippen LogP contribution in [0, 0.1) is 5.92 Å². The number of ether oxygens (including phenoxy) is 1. The van der Waals surface area contributed by atoms with Crippen LogP contribution in [0.1, 0.15) is 34.1 Å². The second-order valence-corrected chi connectivity index (χ2v) is 7.78. The maximum Gasteiger partial charge on any atom is 0.166 e. The fourth-order valence-electron chi connectivity index (χ4n) is 2.16. The van der Waals surface area contributed by atoms with E-state index in [0.29, 0.717) is 18.1 Å². The van der Waals surface area contributed by atoms with Crippen molar-refractivity contribution < 1.29 is 17.9 Å². The predicted octanol–water partition coefficient (Wildman–Crippen LogP) is 8.91. The minimum absolute atomic E-state index is 0.00348. The van der Waals surface area contributed by atoms with Gasteiger partial charge in [-0.05, 0) is 54.6 Å². The quantitative estimate of drug-likeness (QED) is 0.192. The number of rotatable bonds is 14. The van der Waals surface area contributed by atoms with Crippen LogP contribution in [0.2, 0.25) is 0 Å². The average Bonchev–Trinajstić information content (AvgIpc) is 2.76. The second kappa shape index (κ2) is 14.3. The number of hydrogen-bond donors (Lipinski definition) is 0. The molecule has 0 aliphatic heterocycles. The molecule has 0 aromatic carbocycles. The van der Waals surface area contributed by atoms with Crippen LogP contribution in [-0.2, 0) is 4.74 Å². The van der Waals surface area contributed by atoms with Gasteiger partial charge in [-0.25, -0.2) is 13.2 Å². The van der Waals surface area contributed by atoms with Crippen LogP contribution in [0.15, 0.2) is 121 Å². The van der Waals surface area contributed by atoms with Crippen LogP contribution in [0.3, 0.4) is 0 Å². The molecule has 0 aliphatic rings. The molecule has 0 N–H and O–H groups in total. The van der Waals surface area contributed by atoms with E-state index in [1.165, 1.54) is 18.2 Å². The van der Waals surface area contributed by atoms with E-state index >= 15 is 0 Å². The van der Waals surface area contributed by atoms with E-state index in [0.717, 1.165) is 0 Å². The summed E-state index contributed by atoms with van der Waals surface area (Å²) < 4.78 is 48.6. The lowest BCUT2D eigenvalue weighted by Gasteiger charge is -2.16. The predicted molar refractivity (Wildman–Crippen MR) is 132 cm³/mol. The molecule has 0 saturated heterocycles. The summed E-state index contributed by atoms with van der Waals surface area (Å²) in [6.45, 7) is 30.1. The monoisotopic (exact) mass is 444 g/mol. The van der Waals surface area contributed by atoms with Gasteiger partial charge in [0.15, 0.2) is 11.7 Å². The molecule has 0 amide bonds. The van der Waals surface area contributed by atoms with Gasteiger partial charge >= 0.3 is 0 Å². The second-order valence-electron chi connectivity index (χ2n) is 7.78. The fraction of sp³-hybridized carbons (Fsp3) is 0.286.